The highest BCUT2D eigenvalue weighted by Crippen LogP contribution is 2.18. The maximum atomic E-state index is 11.7. The molecular formula is C20H34O7. The summed E-state index contributed by atoms with van der Waals surface area (Å²) in [7, 11) is 0. The summed E-state index contributed by atoms with van der Waals surface area (Å²) in [4.78, 5) is 46.3. The highest BCUT2D eigenvalue weighted by atomic mass is 16.7. The molecule has 0 aromatic rings. The first-order valence-corrected chi connectivity index (χ1v) is 9.36. The number of ketones is 1. The fourth-order valence-corrected chi connectivity index (χ4v) is 1.83. The number of unbranched alkanes of at least 4 members (excludes halogenated alkanes) is 2. The highest BCUT2D eigenvalue weighted by Gasteiger charge is 2.23. The Bertz CT molecular complexity index is 509. The fourth-order valence-electron chi connectivity index (χ4n) is 1.83. The van der Waals surface area contributed by atoms with E-state index in [1.54, 1.807) is 20.8 Å². The van der Waals surface area contributed by atoms with Crippen LogP contribution in [0, 0.1) is 10.8 Å². The van der Waals surface area contributed by atoms with E-state index >= 15 is 0 Å². The third kappa shape index (κ3) is 13.0. The van der Waals surface area contributed by atoms with Gasteiger partial charge in [-0.3, -0.25) is 19.2 Å². The molecule has 0 heterocycles. The molecule has 0 aliphatic carbocycles. The Morgan fingerprint density at radius 3 is 1.78 bits per heavy atom. The van der Waals surface area contributed by atoms with Crippen LogP contribution >= 0.6 is 0 Å². The molecule has 0 unspecified atom stereocenters. The van der Waals surface area contributed by atoms with Crippen LogP contribution in [0.2, 0.25) is 0 Å². The lowest BCUT2D eigenvalue weighted by Crippen LogP contribution is -2.24. The number of esters is 3. The normalized spacial score (nSPS) is 11.6. The van der Waals surface area contributed by atoms with Crippen LogP contribution in [-0.2, 0) is 33.4 Å². The molecule has 0 radical (unpaired) electrons. The van der Waals surface area contributed by atoms with Gasteiger partial charge in [0.1, 0.15) is 5.78 Å². The Morgan fingerprint density at radius 2 is 1.22 bits per heavy atom. The van der Waals surface area contributed by atoms with Crippen LogP contribution in [0.3, 0.4) is 0 Å². The molecule has 0 aromatic carbocycles. The molecule has 27 heavy (non-hydrogen) atoms. The second-order valence-corrected chi connectivity index (χ2v) is 8.52. The van der Waals surface area contributed by atoms with Crippen molar-refractivity contribution in [2.24, 2.45) is 10.8 Å². The van der Waals surface area contributed by atoms with Gasteiger partial charge in [-0.15, -0.1) is 0 Å². The molecule has 0 aliphatic rings. The summed E-state index contributed by atoms with van der Waals surface area (Å²) in [5, 5.41) is 0. The number of carbonyl (C=O) groups is 4. The number of carbonyl (C=O) groups excluding carboxylic acids is 4. The number of ether oxygens (including phenoxy) is 3. The summed E-state index contributed by atoms with van der Waals surface area (Å²) in [6.45, 7) is 10.5. The predicted octanol–water partition coefficient (Wildman–Crippen LogP) is 3.58. The van der Waals surface area contributed by atoms with Crippen LogP contribution in [0.1, 0.15) is 80.1 Å². The number of hydrogen-bond donors (Lipinski definition) is 0. The van der Waals surface area contributed by atoms with E-state index in [0.717, 1.165) is 0 Å². The van der Waals surface area contributed by atoms with Crippen molar-refractivity contribution < 1.29 is 33.4 Å². The van der Waals surface area contributed by atoms with E-state index in [1.807, 2.05) is 20.8 Å². The molecule has 0 fully saturated rings. The molecule has 0 amide bonds. The third-order valence-electron chi connectivity index (χ3n) is 3.70. The van der Waals surface area contributed by atoms with Gasteiger partial charge in [-0.1, -0.05) is 20.8 Å². The van der Waals surface area contributed by atoms with Crippen molar-refractivity contribution in [1.82, 2.24) is 0 Å². The van der Waals surface area contributed by atoms with Crippen molar-refractivity contribution in [3.8, 4) is 0 Å². The van der Waals surface area contributed by atoms with Crippen LogP contribution in [0.15, 0.2) is 0 Å². The molecule has 7 heteroatoms. The van der Waals surface area contributed by atoms with Crippen LogP contribution < -0.4 is 0 Å². The Morgan fingerprint density at radius 1 is 0.630 bits per heavy atom. The van der Waals surface area contributed by atoms with Gasteiger partial charge in [0.25, 0.3) is 0 Å². The Hall–Kier alpha value is -1.92. The molecule has 0 saturated carbocycles. The molecule has 0 spiro atoms. The van der Waals surface area contributed by atoms with Gasteiger partial charge < -0.3 is 14.2 Å². The maximum absolute atomic E-state index is 11.7. The molecule has 156 valence electrons. The first-order chi connectivity index (χ1) is 12.3. The molecule has 0 saturated heterocycles. The predicted molar refractivity (Wildman–Crippen MR) is 99.6 cm³/mol. The summed E-state index contributed by atoms with van der Waals surface area (Å²) in [6.07, 6.45) is 2.41. The molecular weight excluding hydrogens is 352 g/mol. The topological polar surface area (TPSA) is 96.0 Å². The molecule has 0 rings (SSSR count). The zero-order valence-electron chi connectivity index (χ0n) is 17.5. The lowest BCUT2D eigenvalue weighted by Gasteiger charge is -2.16. The largest absolute Gasteiger partial charge is 0.466 e. The molecule has 0 aromatic heterocycles. The first-order valence-electron chi connectivity index (χ1n) is 9.36. The fraction of sp³-hybridized carbons (Fsp3) is 0.800. The van der Waals surface area contributed by atoms with Gasteiger partial charge in [-0.25, -0.2) is 0 Å². The van der Waals surface area contributed by atoms with Crippen LogP contribution in [0.5, 0.6) is 0 Å². The maximum Gasteiger partial charge on any atom is 0.314 e. The van der Waals surface area contributed by atoms with Crippen LogP contribution in [-0.4, -0.2) is 37.1 Å². The average molecular weight is 386 g/mol. The van der Waals surface area contributed by atoms with E-state index in [0.29, 0.717) is 19.3 Å². The molecule has 0 N–H and O–H groups in total. The van der Waals surface area contributed by atoms with Crippen LogP contribution in [0.4, 0.5) is 0 Å². The minimum Gasteiger partial charge on any atom is -0.466 e. The molecule has 0 aliphatic heterocycles. The standard InChI is InChI=1S/C20H34O7/c1-19(2,3)15(21)11-12-17(23)25-13-9-7-8-10-16(22)26-14-27-18(24)20(4,5)6/h7-14H2,1-6H3. The molecule has 0 bridgehead atoms. The summed E-state index contributed by atoms with van der Waals surface area (Å²) in [6, 6.07) is 0. The van der Waals surface area contributed by atoms with Gasteiger partial charge in [0.05, 0.1) is 18.4 Å². The van der Waals surface area contributed by atoms with Crippen molar-refractivity contribution in [2.45, 2.75) is 80.1 Å². The highest BCUT2D eigenvalue weighted by molar-refractivity contribution is 5.86. The zero-order chi connectivity index (χ0) is 21.1. The van der Waals surface area contributed by atoms with Gasteiger partial charge >= 0.3 is 17.9 Å². The SMILES string of the molecule is CC(C)(C)C(=O)CCC(=O)OCCCCCC(=O)OCOC(=O)C(C)(C)C. The Balaban J connectivity index is 3.66. The number of hydrogen-bond acceptors (Lipinski definition) is 7. The second-order valence-electron chi connectivity index (χ2n) is 8.52. The smallest absolute Gasteiger partial charge is 0.314 e. The molecule has 0 atom stereocenters. The van der Waals surface area contributed by atoms with Crippen LogP contribution in [0.25, 0.3) is 0 Å². The van der Waals surface area contributed by atoms with Gasteiger partial charge in [0, 0.05) is 18.3 Å². The Labute approximate surface area is 162 Å². The van der Waals surface area contributed by atoms with Crippen molar-refractivity contribution in [3.05, 3.63) is 0 Å². The monoisotopic (exact) mass is 386 g/mol. The quantitative estimate of drug-likeness (QED) is 0.304. The van der Waals surface area contributed by atoms with Gasteiger partial charge in [0.2, 0.25) is 6.79 Å². The van der Waals surface area contributed by atoms with E-state index in [9.17, 15) is 19.2 Å². The third-order valence-corrected chi connectivity index (χ3v) is 3.70. The second kappa shape index (κ2) is 11.7. The van der Waals surface area contributed by atoms with Crippen molar-refractivity contribution >= 4 is 23.7 Å². The average Bonchev–Trinajstić information content (AvgIpc) is 2.53. The first kappa shape index (κ1) is 25.1. The lowest BCUT2D eigenvalue weighted by atomic mass is 9.88. The van der Waals surface area contributed by atoms with Crippen molar-refractivity contribution in [2.75, 3.05) is 13.4 Å². The van der Waals surface area contributed by atoms with Crippen molar-refractivity contribution in [1.29, 1.82) is 0 Å². The van der Waals surface area contributed by atoms with E-state index in [1.165, 1.54) is 0 Å². The summed E-state index contributed by atoms with van der Waals surface area (Å²) in [5.74, 6) is -1.21. The van der Waals surface area contributed by atoms with E-state index in [-0.39, 0.29) is 44.4 Å². The zero-order valence-corrected chi connectivity index (χ0v) is 17.5. The van der Waals surface area contributed by atoms with Gasteiger partial charge in [-0.05, 0) is 40.0 Å². The minimum atomic E-state index is -0.635. The summed E-state index contributed by atoms with van der Waals surface area (Å²) >= 11 is 0. The van der Waals surface area contributed by atoms with E-state index in [4.69, 9.17) is 14.2 Å². The van der Waals surface area contributed by atoms with Gasteiger partial charge in [0.15, 0.2) is 0 Å². The lowest BCUT2D eigenvalue weighted by molar-refractivity contribution is -0.173. The number of rotatable bonds is 11. The molecule has 7 nitrogen and oxygen atoms in total. The van der Waals surface area contributed by atoms with Crippen molar-refractivity contribution in [3.63, 3.8) is 0 Å². The van der Waals surface area contributed by atoms with Gasteiger partial charge in [-0.2, -0.15) is 0 Å². The van der Waals surface area contributed by atoms with E-state index < -0.39 is 22.8 Å². The summed E-state index contributed by atoms with van der Waals surface area (Å²) < 4.78 is 14.8. The summed E-state index contributed by atoms with van der Waals surface area (Å²) in [5.41, 5.74) is -1.08. The van der Waals surface area contributed by atoms with E-state index in [2.05, 4.69) is 0 Å². The minimum absolute atomic E-state index is 0.0335. The Kier molecular flexibility index (Phi) is 10.9. The number of Topliss-reactive ketones (excluding diaryl/α,β-unsaturated/α-hetero) is 1.